The van der Waals surface area contributed by atoms with E-state index < -0.39 is 0 Å². The van der Waals surface area contributed by atoms with Gasteiger partial charge in [-0.15, -0.1) is 0 Å². The molecule has 31 heavy (non-hydrogen) atoms. The number of hydrogen-bond acceptors (Lipinski definition) is 4. The number of benzene rings is 3. The number of hydrogen-bond donors (Lipinski definition) is 0. The largest absolute Gasteiger partial charge is 0.490 e. The highest BCUT2D eigenvalue weighted by atomic mass is 16.5. The van der Waals surface area contributed by atoms with E-state index in [0.29, 0.717) is 25.4 Å². The van der Waals surface area contributed by atoms with E-state index in [0.717, 1.165) is 33.9 Å². The van der Waals surface area contributed by atoms with Gasteiger partial charge < -0.3 is 14.2 Å². The van der Waals surface area contributed by atoms with E-state index in [4.69, 9.17) is 14.2 Å². The van der Waals surface area contributed by atoms with Crippen molar-refractivity contribution in [2.45, 2.75) is 27.4 Å². The standard InChI is InChI=1S/C27H28O4/c1-4-29-26-16-12-22(18-27(26)30-5-2)19-31-24-13-9-21(10-14-24)11-15-25(28)23-8-6-7-20(3)17-23/h6-18H,4-5,19H2,1-3H3/b15-11+. The summed E-state index contributed by atoms with van der Waals surface area (Å²) in [5.74, 6) is 2.22. The Morgan fingerprint density at radius 1 is 0.839 bits per heavy atom. The van der Waals surface area contributed by atoms with Crippen LogP contribution in [0.3, 0.4) is 0 Å². The van der Waals surface area contributed by atoms with Gasteiger partial charge in [0.15, 0.2) is 17.3 Å². The number of ether oxygens (including phenoxy) is 3. The number of aryl methyl sites for hydroxylation is 1. The van der Waals surface area contributed by atoms with Gasteiger partial charge in [-0.05, 0) is 68.3 Å². The van der Waals surface area contributed by atoms with Gasteiger partial charge in [0.25, 0.3) is 0 Å². The van der Waals surface area contributed by atoms with Gasteiger partial charge in [-0.2, -0.15) is 0 Å². The van der Waals surface area contributed by atoms with Crippen molar-refractivity contribution in [1.82, 2.24) is 0 Å². The SMILES string of the molecule is CCOc1ccc(COc2ccc(/C=C/C(=O)c3cccc(C)c3)cc2)cc1OCC. The lowest BCUT2D eigenvalue weighted by Gasteiger charge is -2.13. The van der Waals surface area contributed by atoms with Crippen molar-refractivity contribution >= 4 is 11.9 Å². The number of ketones is 1. The summed E-state index contributed by atoms with van der Waals surface area (Å²) in [4.78, 5) is 12.3. The molecular weight excluding hydrogens is 388 g/mol. The Bertz CT molecular complexity index is 1040. The lowest BCUT2D eigenvalue weighted by molar-refractivity contribution is 0.104. The van der Waals surface area contributed by atoms with Crippen LogP contribution in [0.25, 0.3) is 6.08 Å². The number of allylic oxidation sites excluding steroid dienone is 1. The average Bonchev–Trinajstić information content (AvgIpc) is 2.78. The molecule has 4 heteroatoms. The number of carbonyl (C=O) groups excluding carboxylic acids is 1. The first-order chi connectivity index (χ1) is 15.1. The molecule has 0 radical (unpaired) electrons. The normalized spacial score (nSPS) is 10.8. The molecule has 3 rings (SSSR count). The van der Waals surface area contributed by atoms with Gasteiger partial charge in [-0.25, -0.2) is 0 Å². The fourth-order valence-corrected chi connectivity index (χ4v) is 3.09. The van der Waals surface area contributed by atoms with E-state index in [9.17, 15) is 4.79 Å². The van der Waals surface area contributed by atoms with E-state index >= 15 is 0 Å². The summed E-state index contributed by atoms with van der Waals surface area (Å²) in [6, 6.07) is 21.1. The van der Waals surface area contributed by atoms with Crippen LogP contribution in [0.2, 0.25) is 0 Å². The molecule has 0 amide bonds. The maximum Gasteiger partial charge on any atom is 0.185 e. The maximum atomic E-state index is 12.3. The zero-order chi connectivity index (χ0) is 22.1. The van der Waals surface area contributed by atoms with Gasteiger partial charge in [0, 0.05) is 5.56 Å². The third-order valence-electron chi connectivity index (χ3n) is 4.62. The Hall–Kier alpha value is -3.53. The Labute approximate surface area is 184 Å². The molecule has 0 aliphatic rings. The van der Waals surface area contributed by atoms with E-state index in [1.54, 1.807) is 6.08 Å². The summed E-state index contributed by atoms with van der Waals surface area (Å²) >= 11 is 0. The van der Waals surface area contributed by atoms with Crippen LogP contribution in [0, 0.1) is 6.92 Å². The summed E-state index contributed by atoms with van der Waals surface area (Å²) in [5, 5.41) is 0. The molecule has 0 aliphatic carbocycles. The van der Waals surface area contributed by atoms with Crippen LogP contribution in [0.1, 0.15) is 40.9 Å². The molecule has 160 valence electrons. The monoisotopic (exact) mass is 416 g/mol. The summed E-state index contributed by atoms with van der Waals surface area (Å²) in [6.45, 7) is 7.46. The summed E-state index contributed by atoms with van der Waals surface area (Å²) in [7, 11) is 0. The molecule has 0 heterocycles. The Morgan fingerprint density at radius 3 is 2.29 bits per heavy atom. The molecule has 0 bridgehead atoms. The molecule has 3 aromatic carbocycles. The maximum absolute atomic E-state index is 12.3. The number of carbonyl (C=O) groups is 1. The third kappa shape index (κ3) is 6.48. The predicted molar refractivity (Wildman–Crippen MR) is 124 cm³/mol. The van der Waals surface area contributed by atoms with Gasteiger partial charge in [0.1, 0.15) is 12.4 Å². The fourth-order valence-electron chi connectivity index (χ4n) is 3.09. The Kier molecular flexibility index (Phi) is 7.88. The minimum absolute atomic E-state index is 0.00960. The first kappa shape index (κ1) is 22.2. The lowest BCUT2D eigenvalue weighted by Crippen LogP contribution is -2.01. The van der Waals surface area contributed by atoms with Gasteiger partial charge in [0.05, 0.1) is 13.2 Å². The fraction of sp³-hybridized carbons (Fsp3) is 0.222. The summed E-state index contributed by atoms with van der Waals surface area (Å²) in [6.07, 6.45) is 3.41. The molecule has 0 spiro atoms. The summed E-state index contributed by atoms with van der Waals surface area (Å²) < 4.78 is 17.2. The van der Waals surface area contributed by atoms with E-state index in [2.05, 4.69) is 0 Å². The second kappa shape index (κ2) is 11.0. The second-order valence-electron chi connectivity index (χ2n) is 7.07. The molecule has 0 saturated heterocycles. The van der Waals surface area contributed by atoms with Crippen molar-refractivity contribution in [3.05, 3.63) is 95.1 Å². The lowest BCUT2D eigenvalue weighted by atomic mass is 10.1. The molecule has 0 atom stereocenters. The van der Waals surface area contributed by atoms with Crippen LogP contribution in [-0.4, -0.2) is 19.0 Å². The van der Waals surface area contributed by atoms with Crippen molar-refractivity contribution in [3.63, 3.8) is 0 Å². The van der Waals surface area contributed by atoms with E-state index in [1.165, 1.54) is 0 Å². The first-order valence-electron chi connectivity index (χ1n) is 10.5. The molecular formula is C27H28O4. The summed E-state index contributed by atoms with van der Waals surface area (Å²) in [5.41, 5.74) is 3.70. The van der Waals surface area contributed by atoms with Gasteiger partial charge >= 0.3 is 0 Å². The van der Waals surface area contributed by atoms with Crippen LogP contribution >= 0.6 is 0 Å². The van der Waals surface area contributed by atoms with Crippen molar-refractivity contribution in [1.29, 1.82) is 0 Å². The van der Waals surface area contributed by atoms with Crippen molar-refractivity contribution in [3.8, 4) is 17.2 Å². The first-order valence-corrected chi connectivity index (χ1v) is 10.5. The van der Waals surface area contributed by atoms with Gasteiger partial charge in [0.2, 0.25) is 0 Å². The van der Waals surface area contributed by atoms with Gasteiger partial charge in [-0.3, -0.25) is 4.79 Å². The zero-order valence-electron chi connectivity index (χ0n) is 18.3. The van der Waals surface area contributed by atoms with Crippen molar-refractivity contribution in [2.24, 2.45) is 0 Å². The van der Waals surface area contributed by atoms with Crippen LogP contribution < -0.4 is 14.2 Å². The molecule has 0 N–H and O–H groups in total. The minimum atomic E-state index is -0.00960. The highest BCUT2D eigenvalue weighted by Crippen LogP contribution is 2.29. The molecule has 0 unspecified atom stereocenters. The van der Waals surface area contributed by atoms with E-state index in [1.807, 2.05) is 93.6 Å². The van der Waals surface area contributed by atoms with Crippen molar-refractivity contribution in [2.75, 3.05) is 13.2 Å². The third-order valence-corrected chi connectivity index (χ3v) is 4.62. The molecule has 0 fully saturated rings. The van der Waals surface area contributed by atoms with Crippen molar-refractivity contribution < 1.29 is 19.0 Å². The topological polar surface area (TPSA) is 44.8 Å². The molecule has 4 nitrogen and oxygen atoms in total. The second-order valence-corrected chi connectivity index (χ2v) is 7.07. The predicted octanol–water partition coefficient (Wildman–Crippen LogP) is 6.27. The minimum Gasteiger partial charge on any atom is -0.490 e. The quantitative estimate of drug-likeness (QED) is 0.289. The Balaban J connectivity index is 1.59. The highest BCUT2D eigenvalue weighted by molar-refractivity contribution is 6.06. The average molecular weight is 417 g/mol. The number of rotatable bonds is 10. The molecule has 0 aromatic heterocycles. The molecule has 3 aromatic rings. The highest BCUT2D eigenvalue weighted by Gasteiger charge is 2.07. The Morgan fingerprint density at radius 2 is 1.58 bits per heavy atom. The van der Waals surface area contributed by atoms with Crippen LogP contribution in [-0.2, 0) is 6.61 Å². The molecule has 0 saturated carbocycles. The zero-order valence-corrected chi connectivity index (χ0v) is 18.3. The smallest absolute Gasteiger partial charge is 0.185 e. The van der Waals surface area contributed by atoms with Gasteiger partial charge in [-0.1, -0.05) is 48.0 Å². The van der Waals surface area contributed by atoms with Crippen LogP contribution in [0.5, 0.6) is 17.2 Å². The van der Waals surface area contributed by atoms with Crippen LogP contribution in [0.4, 0.5) is 0 Å². The molecule has 0 aliphatic heterocycles. The van der Waals surface area contributed by atoms with E-state index in [-0.39, 0.29) is 5.78 Å². The van der Waals surface area contributed by atoms with Crippen LogP contribution in [0.15, 0.2) is 72.8 Å².